The number of esters is 2. The topological polar surface area (TPSA) is 161 Å². The lowest BCUT2D eigenvalue weighted by Gasteiger charge is -2.19. The number of hydrogen-bond acceptors (Lipinski definition) is 8. The van der Waals surface area contributed by atoms with Gasteiger partial charge >= 0.3 is 18.0 Å². The van der Waals surface area contributed by atoms with Crippen molar-refractivity contribution in [1.82, 2.24) is 5.32 Å². The van der Waals surface area contributed by atoms with Crippen molar-refractivity contribution < 1.29 is 38.2 Å². The van der Waals surface area contributed by atoms with Crippen LogP contribution in [0.4, 0.5) is 21.9 Å². The van der Waals surface area contributed by atoms with Crippen LogP contribution in [-0.4, -0.2) is 51.1 Å². The van der Waals surface area contributed by atoms with Crippen LogP contribution in [-0.2, 0) is 25.5 Å². The van der Waals surface area contributed by atoms with Crippen molar-refractivity contribution >= 4 is 46.8 Å². The highest BCUT2D eigenvalue weighted by Crippen LogP contribution is 2.27. The number of anilines is 3. The van der Waals surface area contributed by atoms with E-state index in [0.717, 1.165) is 5.56 Å². The molecule has 0 bridgehead atoms. The van der Waals surface area contributed by atoms with E-state index in [2.05, 4.69) is 26.0 Å². The van der Waals surface area contributed by atoms with Gasteiger partial charge < -0.3 is 35.5 Å². The third-order valence-electron chi connectivity index (χ3n) is 7.34. The maximum absolute atomic E-state index is 13.0. The maximum atomic E-state index is 13.0. The van der Waals surface area contributed by atoms with Crippen LogP contribution < -0.4 is 26.0 Å². The Labute approximate surface area is 277 Å². The van der Waals surface area contributed by atoms with E-state index in [4.69, 9.17) is 9.47 Å². The number of rotatable bonds is 12. The number of nitrogens with one attached hydrogen (secondary N) is 4. The van der Waals surface area contributed by atoms with Gasteiger partial charge in [0.2, 0.25) is 5.91 Å². The molecule has 48 heavy (non-hydrogen) atoms. The van der Waals surface area contributed by atoms with Crippen LogP contribution in [0.5, 0.6) is 5.75 Å². The summed E-state index contributed by atoms with van der Waals surface area (Å²) < 4.78 is 15.0. The number of amides is 4. The Kier molecular flexibility index (Phi) is 11.9. The number of aryl methyl sites for hydroxylation is 1. The lowest BCUT2D eigenvalue weighted by Crippen LogP contribution is -2.30. The second kappa shape index (κ2) is 16.4. The molecule has 4 rings (SSSR count). The van der Waals surface area contributed by atoms with Crippen LogP contribution >= 0.6 is 0 Å². The van der Waals surface area contributed by atoms with E-state index in [1.54, 1.807) is 48.5 Å². The molecule has 0 heterocycles. The van der Waals surface area contributed by atoms with Gasteiger partial charge in [0, 0.05) is 16.9 Å². The molecule has 0 aliphatic rings. The van der Waals surface area contributed by atoms with Gasteiger partial charge in [-0.05, 0) is 78.2 Å². The number of ether oxygens (including phenoxy) is 3. The normalized spacial score (nSPS) is 11.0. The zero-order valence-electron chi connectivity index (χ0n) is 26.9. The van der Waals surface area contributed by atoms with Gasteiger partial charge in [0.25, 0.3) is 5.91 Å². The number of para-hydroxylation sites is 1. The minimum Gasteiger partial charge on any atom is -0.495 e. The first-order valence-electron chi connectivity index (χ1n) is 14.9. The van der Waals surface area contributed by atoms with Crippen molar-refractivity contribution in [3.05, 3.63) is 119 Å². The fraction of sp³-hybridized carbons (Fsp3) is 0.194. The lowest BCUT2D eigenvalue weighted by molar-refractivity contribution is -0.141. The van der Waals surface area contributed by atoms with Gasteiger partial charge in [-0.3, -0.25) is 14.4 Å². The summed E-state index contributed by atoms with van der Waals surface area (Å²) in [5.41, 5.74) is 4.39. The molecule has 1 atom stereocenters. The first kappa shape index (κ1) is 34.7. The van der Waals surface area contributed by atoms with Gasteiger partial charge in [-0.15, -0.1) is 0 Å². The molecule has 4 N–H and O–H groups in total. The summed E-state index contributed by atoms with van der Waals surface area (Å²) in [7, 11) is 4.00. The lowest BCUT2D eigenvalue weighted by atomic mass is 10.0. The van der Waals surface area contributed by atoms with Crippen LogP contribution in [0.3, 0.4) is 0 Å². The third-order valence-corrected chi connectivity index (χ3v) is 7.34. The van der Waals surface area contributed by atoms with Crippen LogP contribution in [0.2, 0.25) is 0 Å². The van der Waals surface area contributed by atoms with E-state index in [0.29, 0.717) is 39.5 Å². The molecular formula is C36H36N4O8. The van der Waals surface area contributed by atoms with Crippen molar-refractivity contribution in [3.63, 3.8) is 0 Å². The van der Waals surface area contributed by atoms with Gasteiger partial charge in [-0.2, -0.15) is 0 Å². The van der Waals surface area contributed by atoms with Crippen molar-refractivity contribution in [2.24, 2.45) is 0 Å². The summed E-state index contributed by atoms with van der Waals surface area (Å²) in [5.74, 6) is -1.41. The molecule has 0 fully saturated rings. The van der Waals surface area contributed by atoms with Gasteiger partial charge in [0.05, 0.1) is 51.5 Å². The Morgan fingerprint density at radius 1 is 0.708 bits per heavy atom. The molecule has 0 spiro atoms. The molecule has 0 saturated carbocycles. The number of hydrogen-bond donors (Lipinski definition) is 4. The highest BCUT2D eigenvalue weighted by molar-refractivity contribution is 6.01. The number of urea groups is 1. The average Bonchev–Trinajstić information content (AvgIpc) is 3.09. The smallest absolute Gasteiger partial charge is 0.337 e. The van der Waals surface area contributed by atoms with Crippen molar-refractivity contribution in [2.45, 2.75) is 25.8 Å². The standard InChI is InChI=1S/C36H36N4O8/c1-22-7-5-6-8-28(22)39-36(45)40-29-18-9-23(19-31(29)46-2)20-32(41)37-27-16-14-24(15-17-27)30(21-33(42)47-3)38-34(43)25-10-12-26(13-11-25)35(44)48-4/h5-19,30H,20-21H2,1-4H3,(H,37,41)(H,38,43)(H2,39,40,45)/t30-/m1/s1. The van der Waals surface area contributed by atoms with Crippen LogP contribution in [0.25, 0.3) is 0 Å². The summed E-state index contributed by atoms with van der Waals surface area (Å²) in [4.78, 5) is 62.3. The van der Waals surface area contributed by atoms with E-state index < -0.39 is 29.9 Å². The van der Waals surface area contributed by atoms with Crippen molar-refractivity contribution in [3.8, 4) is 5.75 Å². The van der Waals surface area contributed by atoms with Gasteiger partial charge in [0.15, 0.2) is 0 Å². The first-order chi connectivity index (χ1) is 23.1. The number of carbonyl (C=O) groups is 5. The minimum atomic E-state index is -0.728. The predicted molar refractivity (Wildman–Crippen MR) is 180 cm³/mol. The van der Waals surface area contributed by atoms with Crippen LogP contribution in [0, 0.1) is 6.92 Å². The Morgan fingerprint density at radius 2 is 1.38 bits per heavy atom. The highest BCUT2D eigenvalue weighted by Gasteiger charge is 2.21. The summed E-state index contributed by atoms with van der Waals surface area (Å²) in [5, 5.41) is 11.2. The molecule has 0 aromatic heterocycles. The summed E-state index contributed by atoms with van der Waals surface area (Å²) in [6.07, 6.45) is -0.0992. The monoisotopic (exact) mass is 652 g/mol. The molecule has 248 valence electrons. The molecule has 12 heteroatoms. The van der Waals surface area contributed by atoms with Crippen LogP contribution in [0.15, 0.2) is 91.0 Å². The summed E-state index contributed by atoms with van der Waals surface area (Å²) in [6.45, 7) is 1.89. The average molecular weight is 653 g/mol. The number of carbonyl (C=O) groups excluding carboxylic acids is 5. The molecule has 12 nitrogen and oxygen atoms in total. The van der Waals surface area contributed by atoms with E-state index >= 15 is 0 Å². The maximum Gasteiger partial charge on any atom is 0.337 e. The van der Waals surface area contributed by atoms with E-state index in [1.807, 2.05) is 25.1 Å². The Hall–Kier alpha value is -6.17. The van der Waals surface area contributed by atoms with E-state index in [1.165, 1.54) is 45.6 Å². The summed E-state index contributed by atoms with van der Waals surface area (Å²) in [6, 6.07) is 23.9. The van der Waals surface area contributed by atoms with Crippen molar-refractivity contribution in [2.75, 3.05) is 37.3 Å². The Bertz CT molecular complexity index is 1790. The molecule has 4 aromatic carbocycles. The Morgan fingerprint density at radius 3 is 2.02 bits per heavy atom. The molecule has 0 saturated heterocycles. The van der Waals surface area contributed by atoms with Gasteiger partial charge in [-0.1, -0.05) is 36.4 Å². The van der Waals surface area contributed by atoms with E-state index in [-0.39, 0.29) is 24.3 Å². The van der Waals surface area contributed by atoms with Gasteiger partial charge in [0.1, 0.15) is 5.75 Å². The molecular weight excluding hydrogens is 616 g/mol. The van der Waals surface area contributed by atoms with Crippen molar-refractivity contribution in [1.29, 1.82) is 0 Å². The molecule has 0 aliphatic carbocycles. The number of methoxy groups -OCH3 is 3. The second-order valence-electron chi connectivity index (χ2n) is 10.7. The summed E-state index contributed by atoms with van der Waals surface area (Å²) >= 11 is 0. The number of benzene rings is 4. The molecule has 0 aliphatic heterocycles. The molecule has 0 unspecified atom stereocenters. The zero-order chi connectivity index (χ0) is 34.6. The van der Waals surface area contributed by atoms with Gasteiger partial charge in [-0.25, -0.2) is 9.59 Å². The predicted octanol–water partition coefficient (Wildman–Crippen LogP) is 5.65. The van der Waals surface area contributed by atoms with E-state index in [9.17, 15) is 24.0 Å². The Balaban J connectivity index is 1.38. The quantitative estimate of drug-likeness (QED) is 0.143. The largest absolute Gasteiger partial charge is 0.495 e. The zero-order valence-corrected chi connectivity index (χ0v) is 26.9. The SMILES string of the molecule is COC(=O)C[C@@H](NC(=O)c1ccc(C(=O)OC)cc1)c1ccc(NC(=O)Cc2ccc(NC(=O)Nc3ccccc3C)c(OC)c2)cc1. The highest BCUT2D eigenvalue weighted by atomic mass is 16.5. The molecule has 4 amide bonds. The van der Waals surface area contributed by atoms with Crippen LogP contribution in [0.1, 0.15) is 49.9 Å². The first-order valence-corrected chi connectivity index (χ1v) is 14.9. The minimum absolute atomic E-state index is 0.0313. The fourth-order valence-electron chi connectivity index (χ4n) is 4.75. The molecule has 0 radical (unpaired) electrons. The third kappa shape index (κ3) is 9.42. The molecule has 4 aromatic rings. The second-order valence-corrected chi connectivity index (χ2v) is 10.7. The fourth-order valence-corrected chi connectivity index (χ4v) is 4.75.